The standard InChI is InChI=1S/C14H18F2N2.ClH/c15-12-1-2-13(16)11(7-12)9-18-6-4-14-10(8-18)3-5-17-14;/h1-2,7,10,14,17H,3-6,8-9H2;1H. The molecule has 2 aliphatic heterocycles. The molecule has 2 heterocycles. The fraction of sp³-hybridized carbons (Fsp3) is 0.571. The number of likely N-dealkylation sites (tertiary alicyclic amines) is 1. The van der Waals surface area contributed by atoms with Crippen molar-refractivity contribution >= 4 is 12.4 Å². The Morgan fingerprint density at radius 1 is 1.26 bits per heavy atom. The number of nitrogens with one attached hydrogen (secondary N) is 1. The fourth-order valence-corrected chi connectivity index (χ4v) is 3.17. The van der Waals surface area contributed by atoms with Gasteiger partial charge in [0.05, 0.1) is 0 Å². The Balaban J connectivity index is 0.00000133. The predicted molar refractivity (Wildman–Crippen MR) is 73.4 cm³/mol. The van der Waals surface area contributed by atoms with Crippen LogP contribution in [0.5, 0.6) is 0 Å². The molecular formula is C14H19ClF2N2. The average molecular weight is 289 g/mol. The van der Waals surface area contributed by atoms with Crippen LogP contribution in [0.4, 0.5) is 8.78 Å². The molecule has 2 aliphatic rings. The van der Waals surface area contributed by atoms with Gasteiger partial charge in [-0.15, -0.1) is 12.4 Å². The van der Waals surface area contributed by atoms with Gasteiger partial charge in [-0.05, 0) is 50.0 Å². The summed E-state index contributed by atoms with van der Waals surface area (Å²) in [6, 6.07) is 4.34. The van der Waals surface area contributed by atoms with Crippen LogP contribution < -0.4 is 5.32 Å². The largest absolute Gasteiger partial charge is 0.314 e. The van der Waals surface area contributed by atoms with Gasteiger partial charge in [0, 0.05) is 24.7 Å². The van der Waals surface area contributed by atoms with Crippen molar-refractivity contribution in [2.24, 2.45) is 5.92 Å². The third kappa shape index (κ3) is 3.25. The molecule has 2 saturated heterocycles. The van der Waals surface area contributed by atoms with Crippen molar-refractivity contribution in [2.45, 2.75) is 25.4 Å². The van der Waals surface area contributed by atoms with Crippen LogP contribution in [-0.4, -0.2) is 30.6 Å². The van der Waals surface area contributed by atoms with Crippen molar-refractivity contribution in [2.75, 3.05) is 19.6 Å². The zero-order chi connectivity index (χ0) is 12.5. The van der Waals surface area contributed by atoms with Gasteiger partial charge in [-0.25, -0.2) is 8.78 Å². The maximum absolute atomic E-state index is 13.6. The first-order valence-corrected chi connectivity index (χ1v) is 6.62. The van der Waals surface area contributed by atoms with Crippen LogP contribution in [0.25, 0.3) is 0 Å². The van der Waals surface area contributed by atoms with Crippen molar-refractivity contribution in [1.29, 1.82) is 0 Å². The summed E-state index contributed by atoms with van der Waals surface area (Å²) in [4.78, 5) is 2.24. The molecule has 0 bridgehead atoms. The number of piperidine rings is 1. The summed E-state index contributed by atoms with van der Waals surface area (Å²) in [6.07, 6.45) is 2.31. The second-order valence-corrected chi connectivity index (χ2v) is 5.37. The summed E-state index contributed by atoms with van der Waals surface area (Å²) in [5.41, 5.74) is 0.472. The van der Waals surface area contributed by atoms with Crippen LogP contribution in [0.15, 0.2) is 18.2 Å². The van der Waals surface area contributed by atoms with Crippen LogP contribution in [0.1, 0.15) is 18.4 Å². The monoisotopic (exact) mass is 288 g/mol. The highest BCUT2D eigenvalue weighted by Gasteiger charge is 2.32. The Labute approximate surface area is 118 Å². The highest BCUT2D eigenvalue weighted by molar-refractivity contribution is 5.85. The number of hydrogen-bond acceptors (Lipinski definition) is 2. The second-order valence-electron chi connectivity index (χ2n) is 5.37. The van der Waals surface area contributed by atoms with Crippen LogP contribution in [0, 0.1) is 17.6 Å². The van der Waals surface area contributed by atoms with E-state index in [4.69, 9.17) is 0 Å². The minimum Gasteiger partial charge on any atom is -0.314 e. The van der Waals surface area contributed by atoms with E-state index in [0.29, 0.717) is 24.1 Å². The first kappa shape index (κ1) is 14.7. The molecule has 0 saturated carbocycles. The van der Waals surface area contributed by atoms with Gasteiger partial charge in [-0.3, -0.25) is 4.90 Å². The number of benzene rings is 1. The summed E-state index contributed by atoms with van der Waals surface area (Å²) in [6.45, 7) is 3.57. The molecule has 0 radical (unpaired) electrons. The highest BCUT2D eigenvalue weighted by atomic mass is 35.5. The normalized spacial score (nSPS) is 26.8. The molecule has 3 rings (SSSR count). The van der Waals surface area contributed by atoms with E-state index < -0.39 is 0 Å². The van der Waals surface area contributed by atoms with E-state index in [9.17, 15) is 8.78 Å². The number of halogens is 3. The Morgan fingerprint density at radius 2 is 2.11 bits per heavy atom. The molecule has 0 aliphatic carbocycles. The van der Waals surface area contributed by atoms with Crippen molar-refractivity contribution in [1.82, 2.24) is 10.2 Å². The summed E-state index contributed by atoms with van der Waals surface area (Å²) >= 11 is 0. The summed E-state index contributed by atoms with van der Waals surface area (Å²) in [5, 5.41) is 3.50. The molecule has 2 atom stereocenters. The number of rotatable bonds is 2. The van der Waals surface area contributed by atoms with Crippen molar-refractivity contribution < 1.29 is 8.78 Å². The third-order valence-corrected chi connectivity index (χ3v) is 4.14. The maximum Gasteiger partial charge on any atom is 0.127 e. The summed E-state index contributed by atoms with van der Waals surface area (Å²) in [5.74, 6) is 0.0160. The van der Waals surface area contributed by atoms with Crippen molar-refractivity contribution in [3.63, 3.8) is 0 Å². The zero-order valence-electron chi connectivity index (χ0n) is 10.7. The van der Waals surface area contributed by atoms with E-state index in [2.05, 4.69) is 10.2 Å². The minimum atomic E-state index is -0.358. The third-order valence-electron chi connectivity index (χ3n) is 4.14. The van der Waals surface area contributed by atoms with E-state index in [1.165, 1.54) is 24.6 Å². The van der Waals surface area contributed by atoms with E-state index >= 15 is 0 Å². The molecule has 0 aromatic heterocycles. The molecule has 2 nitrogen and oxygen atoms in total. The van der Waals surface area contributed by atoms with E-state index in [0.717, 1.165) is 26.1 Å². The first-order chi connectivity index (χ1) is 8.72. The van der Waals surface area contributed by atoms with Gasteiger partial charge in [0.15, 0.2) is 0 Å². The minimum absolute atomic E-state index is 0. The van der Waals surface area contributed by atoms with Gasteiger partial charge in [-0.2, -0.15) is 0 Å². The van der Waals surface area contributed by atoms with Crippen molar-refractivity contribution in [3.8, 4) is 0 Å². The van der Waals surface area contributed by atoms with Crippen LogP contribution >= 0.6 is 12.4 Å². The smallest absolute Gasteiger partial charge is 0.127 e. The lowest BCUT2D eigenvalue weighted by Crippen LogP contribution is -2.44. The molecule has 2 fully saturated rings. The Morgan fingerprint density at radius 3 is 2.95 bits per heavy atom. The molecule has 1 aromatic rings. The predicted octanol–water partition coefficient (Wildman–Crippen LogP) is 2.57. The molecule has 19 heavy (non-hydrogen) atoms. The van der Waals surface area contributed by atoms with Gasteiger partial charge >= 0.3 is 0 Å². The van der Waals surface area contributed by atoms with E-state index in [-0.39, 0.29) is 24.0 Å². The molecule has 0 spiro atoms. The molecule has 0 amide bonds. The molecular weight excluding hydrogens is 270 g/mol. The van der Waals surface area contributed by atoms with Crippen LogP contribution in [-0.2, 0) is 6.54 Å². The lowest BCUT2D eigenvalue weighted by molar-refractivity contribution is 0.154. The molecule has 5 heteroatoms. The van der Waals surface area contributed by atoms with Crippen LogP contribution in [0.2, 0.25) is 0 Å². The number of fused-ring (bicyclic) bond motifs is 1. The van der Waals surface area contributed by atoms with Gasteiger partial charge < -0.3 is 5.32 Å². The molecule has 1 N–H and O–H groups in total. The Kier molecular flexibility index (Phi) is 4.76. The fourth-order valence-electron chi connectivity index (χ4n) is 3.17. The maximum atomic E-state index is 13.6. The SMILES string of the molecule is Cl.Fc1ccc(F)c(CN2CCC3NCCC3C2)c1. The quantitative estimate of drug-likeness (QED) is 0.900. The average Bonchev–Trinajstić information content (AvgIpc) is 2.81. The van der Waals surface area contributed by atoms with Gasteiger partial charge in [-0.1, -0.05) is 0 Å². The van der Waals surface area contributed by atoms with E-state index in [1.807, 2.05) is 0 Å². The highest BCUT2D eigenvalue weighted by Crippen LogP contribution is 2.26. The van der Waals surface area contributed by atoms with E-state index in [1.54, 1.807) is 0 Å². The van der Waals surface area contributed by atoms with Gasteiger partial charge in [0.1, 0.15) is 11.6 Å². The summed E-state index contributed by atoms with van der Waals surface area (Å²) < 4.78 is 26.7. The lowest BCUT2D eigenvalue weighted by Gasteiger charge is -2.34. The first-order valence-electron chi connectivity index (χ1n) is 6.62. The van der Waals surface area contributed by atoms with Crippen molar-refractivity contribution in [3.05, 3.63) is 35.4 Å². The van der Waals surface area contributed by atoms with Crippen LogP contribution in [0.3, 0.4) is 0 Å². The molecule has 2 unspecified atom stereocenters. The summed E-state index contributed by atoms with van der Waals surface area (Å²) in [7, 11) is 0. The molecule has 1 aromatic carbocycles. The van der Waals surface area contributed by atoms with Gasteiger partial charge in [0.25, 0.3) is 0 Å². The lowest BCUT2D eigenvalue weighted by atomic mass is 9.93. The Bertz CT molecular complexity index is 441. The molecule has 106 valence electrons. The second kappa shape index (κ2) is 6.16. The zero-order valence-corrected chi connectivity index (χ0v) is 11.6. The Hall–Kier alpha value is -0.710. The number of nitrogens with zero attached hydrogens (tertiary/aromatic N) is 1. The number of hydrogen-bond donors (Lipinski definition) is 1. The topological polar surface area (TPSA) is 15.3 Å². The van der Waals surface area contributed by atoms with Gasteiger partial charge in [0.2, 0.25) is 0 Å².